The number of nitrogens with one attached hydrogen (secondary N) is 1. The van der Waals surface area contributed by atoms with Crippen molar-refractivity contribution in [3.63, 3.8) is 0 Å². The van der Waals surface area contributed by atoms with Crippen LogP contribution in [0.4, 0.5) is 11.8 Å². The van der Waals surface area contributed by atoms with Gasteiger partial charge in [-0.1, -0.05) is 12.1 Å². The van der Waals surface area contributed by atoms with Crippen molar-refractivity contribution >= 4 is 22.8 Å². The van der Waals surface area contributed by atoms with E-state index in [4.69, 9.17) is 24.9 Å². The third kappa shape index (κ3) is 4.28. The first-order chi connectivity index (χ1) is 15.1. The second-order valence-corrected chi connectivity index (χ2v) is 6.77. The molecule has 0 aliphatic rings. The summed E-state index contributed by atoms with van der Waals surface area (Å²) in [6.07, 6.45) is 0. The van der Waals surface area contributed by atoms with E-state index in [0.717, 1.165) is 22.6 Å². The van der Waals surface area contributed by atoms with Gasteiger partial charge in [0.15, 0.2) is 17.3 Å². The Morgan fingerprint density at radius 1 is 0.839 bits per heavy atom. The molecule has 4 rings (SSSR count). The van der Waals surface area contributed by atoms with Crippen molar-refractivity contribution in [1.29, 1.82) is 0 Å². The maximum Gasteiger partial charge on any atom is 0.222 e. The summed E-state index contributed by atoms with van der Waals surface area (Å²) in [6.45, 7) is 0.533. The van der Waals surface area contributed by atoms with Crippen molar-refractivity contribution < 1.29 is 14.2 Å². The van der Waals surface area contributed by atoms with E-state index in [1.54, 1.807) is 21.3 Å². The molecule has 8 nitrogen and oxygen atoms in total. The number of ether oxygens (including phenoxy) is 3. The molecule has 3 N–H and O–H groups in total. The zero-order valence-corrected chi connectivity index (χ0v) is 17.5. The van der Waals surface area contributed by atoms with E-state index in [-0.39, 0.29) is 5.95 Å². The van der Waals surface area contributed by atoms with Gasteiger partial charge in [-0.25, -0.2) is 9.97 Å². The molecule has 8 heteroatoms. The molecule has 0 atom stereocenters. The highest BCUT2D eigenvalue weighted by Crippen LogP contribution is 2.32. The number of aromatic nitrogens is 3. The van der Waals surface area contributed by atoms with Gasteiger partial charge < -0.3 is 25.3 Å². The fraction of sp³-hybridized carbons (Fsp3) is 0.174. The summed E-state index contributed by atoms with van der Waals surface area (Å²) >= 11 is 0. The smallest absolute Gasteiger partial charge is 0.222 e. The maximum atomic E-state index is 5.92. The fourth-order valence-corrected chi connectivity index (χ4v) is 3.28. The van der Waals surface area contributed by atoms with Crippen molar-refractivity contribution in [1.82, 2.24) is 15.0 Å². The lowest BCUT2D eigenvalue weighted by molar-refractivity contribution is 0.355. The summed E-state index contributed by atoms with van der Waals surface area (Å²) in [7, 11) is 4.85. The van der Waals surface area contributed by atoms with Gasteiger partial charge in [0.1, 0.15) is 11.3 Å². The Balaban J connectivity index is 1.70. The van der Waals surface area contributed by atoms with Gasteiger partial charge >= 0.3 is 0 Å². The molecule has 2 aromatic carbocycles. The van der Waals surface area contributed by atoms with Gasteiger partial charge in [0.05, 0.1) is 32.5 Å². The SMILES string of the molecule is COc1cccc(CNc2nc(N)nc3ccc(-c4ccc(OC)c(OC)c4)nc23)c1. The molecule has 4 aromatic rings. The lowest BCUT2D eigenvalue weighted by Crippen LogP contribution is -2.06. The molecule has 0 fully saturated rings. The molecule has 2 aromatic heterocycles. The number of benzene rings is 2. The van der Waals surface area contributed by atoms with Crippen molar-refractivity contribution in [2.24, 2.45) is 0 Å². The molecular formula is C23H23N5O3. The topological polar surface area (TPSA) is 104 Å². The van der Waals surface area contributed by atoms with E-state index < -0.39 is 0 Å². The number of hydrogen-bond acceptors (Lipinski definition) is 8. The van der Waals surface area contributed by atoms with Crippen LogP contribution in [0, 0.1) is 0 Å². The van der Waals surface area contributed by atoms with Gasteiger partial charge in [0.2, 0.25) is 5.95 Å². The number of hydrogen-bond donors (Lipinski definition) is 2. The van der Waals surface area contributed by atoms with E-state index in [2.05, 4.69) is 15.3 Å². The third-order valence-electron chi connectivity index (χ3n) is 4.83. The molecule has 0 aliphatic heterocycles. The molecule has 0 aliphatic carbocycles. The van der Waals surface area contributed by atoms with Crippen LogP contribution in [-0.2, 0) is 6.54 Å². The molecule has 0 unspecified atom stereocenters. The minimum Gasteiger partial charge on any atom is -0.497 e. The number of nitrogens with zero attached hydrogens (tertiary/aromatic N) is 3. The number of pyridine rings is 1. The van der Waals surface area contributed by atoms with E-state index in [0.29, 0.717) is 34.9 Å². The lowest BCUT2D eigenvalue weighted by atomic mass is 10.1. The van der Waals surface area contributed by atoms with E-state index in [1.165, 1.54) is 0 Å². The zero-order valence-electron chi connectivity index (χ0n) is 17.5. The quantitative estimate of drug-likeness (QED) is 0.466. The number of methoxy groups -OCH3 is 3. The van der Waals surface area contributed by atoms with Crippen LogP contribution < -0.4 is 25.3 Å². The average molecular weight is 417 g/mol. The molecular weight excluding hydrogens is 394 g/mol. The second kappa shape index (κ2) is 8.74. The molecule has 158 valence electrons. The van der Waals surface area contributed by atoms with Crippen LogP contribution in [0.15, 0.2) is 54.6 Å². The van der Waals surface area contributed by atoms with Crippen LogP contribution in [0.25, 0.3) is 22.3 Å². The number of rotatable bonds is 7. The van der Waals surface area contributed by atoms with E-state index >= 15 is 0 Å². The summed E-state index contributed by atoms with van der Waals surface area (Å²) in [6, 6.07) is 17.2. The number of anilines is 2. The van der Waals surface area contributed by atoms with Crippen LogP contribution in [0.1, 0.15) is 5.56 Å². The Kier molecular flexibility index (Phi) is 5.70. The normalized spacial score (nSPS) is 10.7. The van der Waals surface area contributed by atoms with Crippen molar-refractivity contribution in [2.75, 3.05) is 32.4 Å². The van der Waals surface area contributed by atoms with Crippen molar-refractivity contribution in [3.05, 3.63) is 60.2 Å². The second-order valence-electron chi connectivity index (χ2n) is 6.77. The highest BCUT2D eigenvalue weighted by Gasteiger charge is 2.12. The minimum absolute atomic E-state index is 0.182. The summed E-state index contributed by atoms with van der Waals surface area (Å²) in [5.74, 6) is 2.82. The Morgan fingerprint density at radius 2 is 1.68 bits per heavy atom. The average Bonchev–Trinajstić information content (AvgIpc) is 2.81. The molecule has 0 saturated heterocycles. The Hall–Kier alpha value is -4.07. The molecule has 0 bridgehead atoms. The van der Waals surface area contributed by atoms with E-state index in [9.17, 15) is 0 Å². The number of nitrogen functional groups attached to an aromatic ring is 1. The summed E-state index contributed by atoms with van der Waals surface area (Å²) < 4.78 is 16.0. The summed E-state index contributed by atoms with van der Waals surface area (Å²) in [5, 5.41) is 3.32. The van der Waals surface area contributed by atoms with E-state index in [1.807, 2.05) is 54.6 Å². The highest BCUT2D eigenvalue weighted by molar-refractivity contribution is 5.88. The lowest BCUT2D eigenvalue weighted by Gasteiger charge is -2.12. The fourth-order valence-electron chi connectivity index (χ4n) is 3.28. The first-order valence-corrected chi connectivity index (χ1v) is 9.64. The van der Waals surface area contributed by atoms with Crippen LogP contribution in [0.3, 0.4) is 0 Å². The monoisotopic (exact) mass is 417 g/mol. The van der Waals surface area contributed by atoms with Gasteiger partial charge in [-0.2, -0.15) is 4.98 Å². The van der Waals surface area contributed by atoms with Gasteiger partial charge in [0, 0.05) is 12.1 Å². The standard InChI is InChI=1S/C23H23N5O3/c1-29-16-6-4-5-14(11-16)13-25-22-21-18(27-23(24)28-22)9-8-17(26-21)15-7-10-19(30-2)20(12-15)31-3/h4-12H,13H2,1-3H3,(H3,24,25,27,28). The van der Waals surface area contributed by atoms with Crippen molar-refractivity contribution in [2.45, 2.75) is 6.54 Å². The Labute approximate surface area is 180 Å². The molecule has 0 saturated carbocycles. The molecule has 2 heterocycles. The van der Waals surface area contributed by atoms with Gasteiger partial charge in [0.25, 0.3) is 0 Å². The number of nitrogens with two attached hydrogens (primary N) is 1. The molecule has 0 spiro atoms. The third-order valence-corrected chi connectivity index (χ3v) is 4.83. The maximum absolute atomic E-state index is 5.92. The van der Waals surface area contributed by atoms with Crippen LogP contribution >= 0.6 is 0 Å². The minimum atomic E-state index is 0.182. The summed E-state index contributed by atoms with van der Waals surface area (Å²) in [5.41, 5.74) is 9.89. The molecule has 0 radical (unpaired) electrons. The van der Waals surface area contributed by atoms with Crippen molar-refractivity contribution in [3.8, 4) is 28.5 Å². The van der Waals surface area contributed by atoms with Crippen LogP contribution in [-0.4, -0.2) is 36.3 Å². The molecule has 31 heavy (non-hydrogen) atoms. The number of fused-ring (bicyclic) bond motifs is 1. The Bertz CT molecular complexity index is 1230. The summed E-state index contributed by atoms with van der Waals surface area (Å²) in [4.78, 5) is 13.5. The predicted molar refractivity (Wildman–Crippen MR) is 121 cm³/mol. The zero-order chi connectivity index (χ0) is 21.8. The highest BCUT2D eigenvalue weighted by atomic mass is 16.5. The Morgan fingerprint density at radius 3 is 2.45 bits per heavy atom. The molecule has 0 amide bonds. The van der Waals surface area contributed by atoms with Gasteiger partial charge in [-0.15, -0.1) is 0 Å². The van der Waals surface area contributed by atoms with Gasteiger partial charge in [-0.3, -0.25) is 0 Å². The van der Waals surface area contributed by atoms with Crippen LogP contribution in [0.2, 0.25) is 0 Å². The predicted octanol–water partition coefficient (Wildman–Crippen LogP) is 3.91. The largest absolute Gasteiger partial charge is 0.497 e. The van der Waals surface area contributed by atoms with Crippen LogP contribution in [0.5, 0.6) is 17.2 Å². The van der Waals surface area contributed by atoms with Gasteiger partial charge in [-0.05, 0) is 48.0 Å². The first-order valence-electron chi connectivity index (χ1n) is 9.64. The first kappa shape index (κ1) is 20.2.